The molecule has 0 unspecified atom stereocenters. The quantitative estimate of drug-likeness (QED) is 0.728. The van der Waals surface area contributed by atoms with Gasteiger partial charge in [-0.25, -0.2) is 4.79 Å². The number of hydrogen-bond acceptors (Lipinski definition) is 5. The molecule has 128 valence electrons. The highest BCUT2D eigenvalue weighted by Gasteiger charge is 2.20. The standard InChI is InChI=1S/C18H19ClO5/c1-11(12-5-7-14(19)8-6-12)24-18(20)13-9-15(21-2)17(23-4)16(10-13)22-3/h5-11H,1-4H3/t11-/m0/s1. The molecule has 0 bridgehead atoms. The number of methoxy groups -OCH3 is 3. The normalized spacial score (nSPS) is 11.5. The zero-order valence-electron chi connectivity index (χ0n) is 14.0. The summed E-state index contributed by atoms with van der Waals surface area (Å²) in [6, 6.07) is 10.2. The van der Waals surface area contributed by atoms with Crippen LogP contribution in [-0.4, -0.2) is 27.3 Å². The maximum absolute atomic E-state index is 12.4. The lowest BCUT2D eigenvalue weighted by atomic mass is 10.1. The molecule has 0 saturated heterocycles. The molecular weight excluding hydrogens is 332 g/mol. The predicted molar refractivity (Wildman–Crippen MR) is 91.4 cm³/mol. The molecule has 5 nitrogen and oxygen atoms in total. The van der Waals surface area contributed by atoms with Gasteiger partial charge in [0, 0.05) is 5.02 Å². The number of halogens is 1. The van der Waals surface area contributed by atoms with Gasteiger partial charge >= 0.3 is 5.97 Å². The molecule has 0 aromatic heterocycles. The van der Waals surface area contributed by atoms with Crippen molar-refractivity contribution in [3.05, 3.63) is 52.5 Å². The molecule has 0 radical (unpaired) electrons. The molecule has 0 aliphatic carbocycles. The van der Waals surface area contributed by atoms with Gasteiger partial charge in [-0.15, -0.1) is 0 Å². The molecule has 0 fully saturated rings. The van der Waals surface area contributed by atoms with Crippen molar-refractivity contribution in [2.75, 3.05) is 21.3 Å². The third-order valence-electron chi connectivity index (χ3n) is 3.52. The molecule has 0 spiro atoms. The fraction of sp³-hybridized carbons (Fsp3) is 0.278. The minimum absolute atomic E-state index is 0.310. The highest BCUT2D eigenvalue weighted by atomic mass is 35.5. The molecule has 6 heteroatoms. The van der Waals surface area contributed by atoms with Crippen molar-refractivity contribution in [1.29, 1.82) is 0 Å². The van der Waals surface area contributed by atoms with Gasteiger partial charge in [0.2, 0.25) is 5.75 Å². The van der Waals surface area contributed by atoms with Crippen LogP contribution in [0.4, 0.5) is 0 Å². The summed E-state index contributed by atoms with van der Waals surface area (Å²) in [5.74, 6) is 0.713. The average Bonchev–Trinajstić information content (AvgIpc) is 2.60. The Morgan fingerprint density at radius 2 is 1.50 bits per heavy atom. The van der Waals surface area contributed by atoms with E-state index >= 15 is 0 Å². The molecule has 0 amide bonds. The summed E-state index contributed by atoms with van der Waals surface area (Å²) in [5.41, 5.74) is 1.16. The second kappa shape index (κ2) is 7.93. The first-order valence-corrected chi connectivity index (χ1v) is 7.64. The van der Waals surface area contributed by atoms with Crippen LogP contribution in [0.15, 0.2) is 36.4 Å². The SMILES string of the molecule is COc1cc(C(=O)O[C@@H](C)c2ccc(Cl)cc2)cc(OC)c1OC. The lowest BCUT2D eigenvalue weighted by Crippen LogP contribution is -2.10. The van der Waals surface area contributed by atoms with Crippen molar-refractivity contribution >= 4 is 17.6 Å². The second-order valence-corrected chi connectivity index (χ2v) is 5.45. The fourth-order valence-corrected chi connectivity index (χ4v) is 2.36. The maximum Gasteiger partial charge on any atom is 0.339 e. The first kappa shape index (κ1) is 17.9. The van der Waals surface area contributed by atoms with Gasteiger partial charge in [0.05, 0.1) is 26.9 Å². The first-order valence-electron chi connectivity index (χ1n) is 7.26. The molecule has 0 N–H and O–H groups in total. The highest BCUT2D eigenvalue weighted by molar-refractivity contribution is 6.30. The molecule has 2 aromatic carbocycles. The number of benzene rings is 2. The number of carbonyl (C=O) groups is 1. The molecule has 0 aliphatic heterocycles. The first-order chi connectivity index (χ1) is 11.5. The Kier molecular flexibility index (Phi) is 5.93. The van der Waals surface area contributed by atoms with Crippen molar-refractivity contribution in [3.63, 3.8) is 0 Å². The van der Waals surface area contributed by atoms with Crippen LogP contribution in [0.25, 0.3) is 0 Å². The van der Waals surface area contributed by atoms with Gasteiger partial charge in [-0.05, 0) is 36.8 Å². The molecule has 1 atom stereocenters. The van der Waals surface area contributed by atoms with E-state index in [1.165, 1.54) is 21.3 Å². The van der Waals surface area contributed by atoms with Crippen molar-refractivity contribution < 1.29 is 23.7 Å². The highest BCUT2D eigenvalue weighted by Crippen LogP contribution is 2.38. The number of ether oxygens (including phenoxy) is 4. The lowest BCUT2D eigenvalue weighted by Gasteiger charge is -2.16. The van der Waals surface area contributed by atoms with Crippen LogP contribution in [0.3, 0.4) is 0 Å². The zero-order valence-corrected chi connectivity index (χ0v) is 14.7. The summed E-state index contributed by atoms with van der Waals surface area (Å²) in [6.07, 6.45) is -0.422. The van der Waals surface area contributed by atoms with E-state index in [0.717, 1.165) is 5.56 Å². The topological polar surface area (TPSA) is 54.0 Å². The van der Waals surface area contributed by atoms with Crippen LogP contribution in [0, 0.1) is 0 Å². The number of hydrogen-bond donors (Lipinski definition) is 0. The summed E-state index contributed by atoms with van der Waals surface area (Å²) in [6.45, 7) is 1.79. The van der Waals surface area contributed by atoms with E-state index in [2.05, 4.69) is 0 Å². The molecule has 24 heavy (non-hydrogen) atoms. The van der Waals surface area contributed by atoms with Gasteiger partial charge in [0.1, 0.15) is 6.10 Å². The van der Waals surface area contributed by atoms with Crippen LogP contribution in [-0.2, 0) is 4.74 Å². The predicted octanol–water partition coefficient (Wildman–Crippen LogP) is 4.28. The van der Waals surface area contributed by atoms with Crippen LogP contribution < -0.4 is 14.2 Å². The Bertz CT molecular complexity index is 687. The van der Waals surface area contributed by atoms with E-state index in [1.807, 2.05) is 12.1 Å². The summed E-state index contributed by atoms with van der Waals surface area (Å²) in [4.78, 5) is 12.4. The van der Waals surface area contributed by atoms with E-state index < -0.39 is 12.1 Å². The third-order valence-corrected chi connectivity index (χ3v) is 3.78. The lowest BCUT2D eigenvalue weighted by molar-refractivity contribution is 0.0337. The number of rotatable bonds is 6. The Labute approximate surface area is 146 Å². The van der Waals surface area contributed by atoms with Crippen LogP contribution in [0.1, 0.15) is 28.9 Å². The van der Waals surface area contributed by atoms with Gasteiger partial charge in [-0.2, -0.15) is 0 Å². The van der Waals surface area contributed by atoms with Crippen molar-refractivity contribution in [3.8, 4) is 17.2 Å². The second-order valence-electron chi connectivity index (χ2n) is 5.01. The molecular formula is C18H19ClO5. The van der Waals surface area contributed by atoms with E-state index in [4.69, 9.17) is 30.5 Å². The summed E-state index contributed by atoms with van der Waals surface area (Å²) in [5, 5.41) is 0.627. The van der Waals surface area contributed by atoms with Crippen molar-refractivity contribution in [2.45, 2.75) is 13.0 Å². The minimum Gasteiger partial charge on any atom is -0.493 e. The number of esters is 1. The fourth-order valence-electron chi connectivity index (χ4n) is 2.23. The Hall–Kier alpha value is -2.40. The summed E-state index contributed by atoms with van der Waals surface area (Å²) >= 11 is 5.87. The molecule has 2 aromatic rings. The van der Waals surface area contributed by atoms with E-state index in [9.17, 15) is 4.79 Å². The van der Waals surface area contributed by atoms with Crippen molar-refractivity contribution in [2.24, 2.45) is 0 Å². The van der Waals surface area contributed by atoms with Crippen LogP contribution >= 0.6 is 11.6 Å². The Morgan fingerprint density at radius 3 is 1.96 bits per heavy atom. The van der Waals surface area contributed by atoms with Gasteiger partial charge in [0.15, 0.2) is 11.5 Å². The van der Waals surface area contributed by atoms with Crippen LogP contribution in [0.5, 0.6) is 17.2 Å². The maximum atomic E-state index is 12.4. The van der Waals surface area contributed by atoms with E-state index in [1.54, 1.807) is 31.2 Å². The van der Waals surface area contributed by atoms with E-state index in [-0.39, 0.29) is 0 Å². The van der Waals surface area contributed by atoms with Gasteiger partial charge in [0.25, 0.3) is 0 Å². The zero-order chi connectivity index (χ0) is 17.7. The molecule has 0 aliphatic rings. The van der Waals surface area contributed by atoms with E-state index in [0.29, 0.717) is 27.8 Å². The molecule has 2 rings (SSSR count). The average molecular weight is 351 g/mol. The van der Waals surface area contributed by atoms with Gasteiger partial charge < -0.3 is 18.9 Å². The largest absolute Gasteiger partial charge is 0.493 e. The van der Waals surface area contributed by atoms with Gasteiger partial charge in [-0.1, -0.05) is 23.7 Å². The summed E-state index contributed by atoms with van der Waals surface area (Å²) < 4.78 is 21.2. The Balaban J connectivity index is 2.24. The van der Waals surface area contributed by atoms with Crippen LogP contribution in [0.2, 0.25) is 5.02 Å². The Morgan fingerprint density at radius 1 is 0.958 bits per heavy atom. The van der Waals surface area contributed by atoms with Gasteiger partial charge in [-0.3, -0.25) is 0 Å². The monoisotopic (exact) mass is 350 g/mol. The summed E-state index contributed by atoms with van der Waals surface area (Å²) in [7, 11) is 4.48. The molecule has 0 heterocycles. The smallest absolute Gasteiger partial charge is 0.339 e. The molecule has 0 saturated carbocycles. The number of carbonyl (C=O) groups excluding carboxylic acids is 1. The third kappa shape index (κ3) is 3.92. The minimum atomic E-state index is -0.489. The van der Waals surface area contributed by atoms with Crippen molar-refractivity contribution in [1.82, 2.24) is 0 Å².